The van der Waals surface area contributed by atoms with Crippen LogP contribution in [0.2, 0.25) is 0 Å². The van der Waals surface area contributed by atoms with Gasteiger partial charge in [-0.3, -0.25) is 0 Å². The topological polar surface area (TPSA) is 0 Å². The van der Waals surface area contributed by atoms with E-state index in [1.54, 1.807) is 0 Å². The van der Waals surface area contributed by atoms with Crippen LogP contribution in [0.4, 0.5) is 0 Å². The van der Waals surface area contributed by atoms with Crippen molar-refractivity contribution in [1.29, 1.82) is 0 Å². The van der Waals surface area contributed by atoms with Crippen molar-refractivity contribution < 1.29 is 0 Å². The summed E-state index contributed by atoms with van der Waals surface area (Å²) < 4.78 is 0. The smallest absolute Gasteiger partial charge is 0.0102 e. The van der Waals surface area contributed by atoms with E-state index in [1.807, 2.05) is 0 Å². The second-order valence-electron chi connectivity index (χ2n) is 4.60. The third kappa shape index (κ3) is 1.80. The number of benzene rings is 1. The highest BCUT2D eigenvalue weighted by Crippen LogP contribution is 2.33. The summed E-state index contributed by atoms with van der Waals surface area (Å²) in [6, 6.07) is 19.8. The molecule has 0 spiro atoms. The minimum Gasteiger partial charge on any atom is -0.0651 e. The molecule has 2 aliphatic carbocycles. The lowest BCUT2D eigenvalue weighted by atomic mass is 10.0. The average molecular weight is 220 g/mol. The molecule has 0 saturated heterocycles. The minimum absolute atomic E-state index is 1.17. The Hall–Kier alpha value is -1.82. The molecule has 0 heterocycles. The fourth-order valence-electron chi connectivity index (χ4n) is 2.51. The van der Waals surface area contributed by atoms with Crippen molar-refractivity contribution in [1.82, 2.24) is 0 Å². The Morgan fingerprint density at radius 1 is 0.882 bits per heavy atom. The van der Waals surface area contributed by atoms with Crippen LogP contribution in [0.1, 0.15) is 18.9 Å². The van der Waals surface area contributed by atoms with Crippen molar-refractivity contribution in [3.63, 3.8) is 0 Å². The lowest BCUT2D eigenvalue weighted by Crippen LogP contribution is -1.81. The maximum atomic E-state index is 2.35. The van der Waals surface area contributed by atoms with Gasteiger partial charge in [-0.1, -0.05) is 61.9 Å². The maximum absolute atomic E-state index is 2.35. The maximum Gasteiger partial charge on any atom is -0.0102 e. The molecule has 17 heavy (non-hydrogen) atoms. The molecule has 0 nitrogen and oxygen atoms in total. The van der Waals surface area contributed by atoms with Crippen molar-refractivity contribution in [2.45, 2.75) is 19.8 Å². The van der Waals surface area contributed by atoms with E-state index in [9.17, 15) is 0 Å². The fourth-order valence-corrected chi connectivity index (χ4v) is 2.51. The lowest BCUT2D eigenvalue weighted by Gasteiger charge is -2.00. The highest BCUT2D eigenvalue weighted by molar-refractivity contribution is 6.02. The SMILES string of the molecule is CCCc1ccc2cc3cccccc-3c2c1. The molecule has 3 rings (SSSR count). The summed E-state index contributed by atoms with van der Waals surface area (Å²) in [5.74, 6) is 0. The van der Waals surface area contributed by atoms with E-state index in [-0.39, 0.29) is 0 Å². The molecule has 0 unspecified atom stereocenters. The first kappa shape index (κ1) is 10.3. The molecule has 0 aromatic heterocycles. The Labute approximate surface area is 102 Å². The van der Waals surface area contributed by atoms with E-state index >= 15 is 0 Å². The monoisotopic (exact) mass is 220 g/mol. The molecular weight excluding hydrogens is 204 g/mol. The molecular formula is C17H16. The molecule has 0 radical (unpaired) electrons. The van der Waals surface area contributed by atoms with Gasteiger partial charge in [0.1, 0.15) is 0 Å². The molecule has 84 valence electrons. The van der Waals surface area contributed by atoms with Gasteiger partial charge >= 0.3 is 0 Å². The summed E-state index contributed by atoms with van der Waals surface area (Å²) in [6.45, 7) is 2.23. The first-order valence-corrected chi connectivity index (χ1v) is 6.29. The van der Waals surface area contributed by atoms with E-state index in [2.05, 4.69) is 61.5 Å². The summed E-state index contributed by atoms with van der Waals surface area (Å²) in [4.78, 5) is 0. The normalized spacial score (nSPS) is 11.1. The van der Waals surface area contributed by atoms with Gasteiger partial charge < -0.3 is 0 Å². The van der Waals surface area contributed by atoms with Crippen LogP contribution in [0, 0.1) is 0 Å². The van der Waals surface area contributed by atoms with Crippen molar-refractivity contribution in [3.8, 4) is 11.1 Å². The Morgan fingerprint density at radius 2 is 1.76 bits per heavy atom. The number of hydrogen-bond acceptors (Lipinski definition) is 0. The highest BCUT2D eigenvalue weighted by Gasteiger charge is 2.08. The molecule has 0 aliphatic heterocycles. The van der Waals surface area contributed by atoms with Crippen molar-refractivity contribution in [2.75, 3.05) is 0 Å². The van der Waals surface area contributed by atoms with Crippen LogP contribution in [-0.2, 0) is 6.42 Å². The van der Waals surface area contributed by atoms with Crippen LogP contribution in [0.5, 0.6) is 0 Å². The van der Waals surface area contributed by atoms with E-state index in [1.165, 1.54) is 40.3 Å². The van der Waals surface area contributed by atoms with Crippen LogP contribution < -0.4 is 0 Å². The summed E-state index contributed by atoms with van der Waals surface area (Å²) in [5.41, 5.74) is 4.14. The third-order valence-electron chi connectivity index (χ3n) is 3.33. The Morgan fingerprint density at radius 3 is 2.65 bits per heavy atom. The summed E-state index contributed by atoms with van der Waals surface area (Å²) in [5, 5.41) is 2.74. The van der Waals surface area contributed by atoms with Gasteiger partial charge in [0.05, 0.1) is 0 Å². The van der Waals surface area contributed by atoms with Gasteiger partial charge in [-0.05, 0) is 39.9 Å². The predicted octanol–water partition coefficient (Wildman–Crippen LogP) is 4.90. The zero-order chi connectivity index (χ0) is 11.7. The molecule has 0 N–H and O–H groups in total. The minimum atomic E-state index is 1.17. The van der Waals surface area contributed by atoms with Crippen molar-refractivity contribution in [2.24, 2.45) is 0 Å². The van der Waals surface area contributed by atoms with Gasteiger partial charge in [0.25, 0.3) is 0 Å². The average Bonchev–Trinajstić information content (AvgIpc) is 2.53. The fraction of sp³-hybridized carbons (Fsp3) is 0.176. The summed E-state index contributed by atoms with van der Waals surface area (Å²) in [7, 11) is 0. The standard InChI is InChI=1S/C17H16/c1-2-6-13-9-10-15-12-14-7-4-3-5-8-16(14)17(15)11-13/h3-5,7-12H,2,6H2,1H3. The van der Waals surface area contributed by atoms with Crippen LogP contribution in [0.3, 0.4) is 0 Å². The second-order valence-corrected chi connectivity index (χ2v) is 4.60. The zero-order valence-electron chi connectivity index (χ0n) is 10.1. The molecule has 0 saturated carbocycles. The Kier molecular flexibility index (Phi) is 2.56. The zero-order valence-corrected chi connectivity index (χ0v) is 10.1. The van der Waals surface area contributed by atoms with E-state index in [0.717, 1.165) is 0 Å². The molecule has 0 amide bonds. The van der Waals surface area contributed by atoms with Gasteiger partial charge in [0.2, 0.25) is 0 Å². The van der Waals surface area contributed by atoms with Gasteiger partial charge in [-0.15, -0.1) is 0 Å². The third-order valence-corrected chi connectivity index (χ3v) is 3.33. The largest absolute Gasteiger partial charge is 0.0651 e. The van der Waals surface area contributed by atoms with Crippen molar-refractivity contribution >= 4 is 10.8 Å². The van der Waals surface area contributed by atoms with E-state index in [4.69, 9.17) is 0 Å². The highest BCUT2D eigenvalue weighted by atomic mass is 14.1. The first-order chi connectivity index (χ1) is 8.38. The van der Waals surface area contributed by atoms with Crippen LogP contribution in [0.15, 0.2) is 54.6 Å². The first-order valence-electron chi connectivity index (χ1n) is 6.29. The van der Waals surface area contributed by atoms with E-state index < -0.39 is 0 Å². The Bertz CT molecular complexity index is 622. The number of rotatable bonds is 2. The molecule has 1 aromatic carbocycles. The lowest BCUT2D eigenvalue weighted by molar-refractivity contribution is 0.924. The van der Waals surface area contributed by atoms with Gasteiger partial charge in [-0.2, -0.15) is 0 Å². The number of aryl methyl sites for hydroxylation is 1. The van der Waals surface area contributed by atoms with Gasteiger partial charge in [0, 0.05) is 0 Å². The number of fused-ring (bicyclic) bond motifs is 3. The Balaban J connectivity index is 2.27. The van der Waals surface area contributed by atoms with Gasteiger partial charge in [-0.25, -0.2) is 0 Å². The van der Waals surface area contributed by atoms with Crippen LogP contribution in [-0.4, -0.2) is 0 Å². The number of hydrogen-bond donors (Lipinski definition) is 0. The van der Waals surface area contributed by atoms with Crippen LogP contribution >= 0.6 is 0 Å². The molecule has 0 bridgehead atoms. The molecule has 2 aliphatic rings. The molecule has 0 heteroatoms. The van der Waals surface area contributed by atoms with Crippen molar-refractivity contribution in [3.05, 3.63) is 60.2 Å². The summed E-state index contributed by atoms with van der Waals surface area (Å²) in [6.07, 6.45) is 2.37. The summed E-state index contributed by atoms with van der Waals surface area (Å²) >= 11 is 0. The second kappa shape index (κ2) is 4.21. The van der Waals surface area contributed by atoms with Crippen LogP contribution in [0.25, 0.3) is 21.9 Å². The molecule has 0 fully saturated rings. The molecule has 0 atom stereocenters. The quantitative estimate of drug-likeness (QED) is 0.576. The van der Waals surface area contributed by atoms with E-state index in [0.29, 0.717) is 0 Å². The predicted molar refractivity (Wildman–Crippen MR) is 74.6 cm³/mol. The van der Waals surface area contributed by atoms with Gasteiger partial charge in [0.15, 0.2) is 0 Å². The molecule has 1 aromatic rings.